The minimum Gasteiger partial charge on any atom is -0.395 e. The van der Waals surface area contributed by atoms with E-state index in [0.717, 1.165) is 5.69 Å². The number of nitrogens with zero attached hydrogens (tertiary/aromatic N) is 2. The average Bonchev–Trinajstić information content (AvgIpc) is 2.33. The van der Waals surface area contributed by atoms with Crippen molar-refractivity contribution in [3.8, 4) is 0 Å². The first-order chi connectivity index (χ1) is 8.60. The second-order valence-corrected chi connectivity index (χ2v) is 4.76. The van der Waals surface area contributed by atoms with E-state index in [2.05, 4.69) is 0 Å². The normalized spacial score (nSPS) is 10.4. The number of hydrogen-bond donors (Lipinski definition) is 1. The Balaban J connectivity index is 2.91. The van der Waals surface area contributed by atoms with Gasteiger partial charge in [0.2, 0.25) is 0 Å². The molecule has 0 atom stereocenters. The Morgan fingerprint density at radius 1 is 1.50 bits per heavy atom. The second kappa shape index (κ2) is 7.49. The molecule has 0 spiro atoms. The standard InChI is InChI=1S/C11H15IN2O4/c1-18-7-5-13(4-6-15)9-2-3-11(14(16)17)10(12)8-9/h2-3,8,15H,4-7H2,1H3. The highest BCUT2D eigenvalue weighted by Crippen LogP contribution is 2.26. The zero-order valence-corrected chi connectivity index (χ0v) is 12.2. The topological polar surface area (TPSA) is 75.8 Å². The number of halogens is 1. The van der Waals surface area contributed by atoms with Crippen molar-refractivity contribution < 1.29 is 14.8 Å². The molecule has 1 aromatic carbocycles. The van der Waals surface area contributed by atoms with Crippen LogP contribution in [0.3, 0.4) is 0 Å². The lowest BCUT2D eigenvalue weighted by molar-refractivity contribution is -0.385. The largest absolute Gasteiger partial charge is 0.395 e. The Kier molecular flexibility index (Phi) is 6.30. The van der Waals surface area contributed by atoms with E-state index in [1.54, 1.807) is 19.2 Å². The van der Waals surface area contributed by atoms with Gasteiger partial charge in [0.1, 0.15) is 0 Å². The zero-order chi connectivity index (χ0) is 13.5. The average molecular weight is 366 g/mol. The molecular formula is C11H15IN2O4. The van der Waals surface area contributed by atoms with Crippen LogP contribution in [0.5, 0.6) is 0 Å². The quantitative estimate of drug-likeness (QED) is 0.451. The van der Waals surface area contributed by atoms with Gasteiger partial charge in [-0.25, -0.2) is 0 Å². The Hall–Kier alpha value is -0.930. The van der Waals surface area contributed by atoms with Crippen LogP contribution in [0, 0.1) is 13.7 Å². The number of aliphatic hydroxyl groups excluding tert-OH is 1. The molecule has 100 valence electrons. The van der Waals surface area contributed by atoms with Crippen LogP contribution >= 0.6 is 22.6 Å². The molecule has 6 nitrogen and oxygen atoms in total. The number of ether oxygens (including phenoxy) is 1. The molecule has 0 aliphatic rings. The molecule has 0 aliphatic carbocycles. The molecule has 0 saturated carbocycles. The lowest BCUT2D eigenvalue weighted by Gasteiger charge is -2.23. The maximum atomic E-state index is 10.7. The first kappa shape index (κ1) is 15.1. The fourth-order valence-corrected chi connectivity index (χ4v) is 2.23. The molecule has 0 amide bonds. The molecule has 1 N–H and O–H groups in total. The maximum absolute atomic E-state index is 10.7. The molecule has 0 radical (unpaired) electrons. The number of nitro benzene ring substituents is 1. The fourth-order valence-electron chi connectivity index (χ4n) is 1.53. The predicted octanol–water partition coefficient (Wildman–Crippen LogP) is 1.64. The van der Waals surface area contributed by atoms with Crippen molar-refractivity contribution >= 4 is 34.0 Å². The van der Waals surface area contributed by atoms with Crippen molar-refractivity contribution in [2.24, 2.45) is 0 Å². The van der Waals surface area contributed by atoms with E-state index in [1.807, 2.05) is 27.5 Å². The summed E-state index contributed by atoms with van der Waals surface area (Å²) >= 11 is 1.94. The monoisotopic (exact) mass is 366 g/mol. The first-order valence-corrected chi connectivity index (χ1v) is 6.46. The van der Waals surface area contributed by atoms with Crippen LogP contribution < -0.4 is 4.90 Å². The number of benzene rings is 1. The van der Waals surface area contributed by atoms with Gasteiger partial charge >= 0.3 is 0 Å². The molecular weight excluding hydrogens is 351 g/mol. The van der Waals surface area contributed by atoms with Gasteiger partial charge in [-0.2, -0.15) is 0 Å². The number of aliphatic hydroxyl groups is 1. The molecule has 0 fully saturated rings. The van der Waals surface area contributed by atoms with Gasteiger partial charge in [0.05, 0.1) is 21.7 Å². The number of hydrogen-bond acceptors (Lipinski definition) is 5. The van der Waals surface area contributed by atoms with Gasteiger partial charge in [-0.1, -0.05) is 0 Å². The van der Waals surface area contributed by atoms with Crippen molar-refractivity contribution in [3.63, 3.8) is 0 Å². The van der Waals surface area contributed by atoms with Gasteiger partial charge < -0.3 is 14.7 Å². The summed E-state index contributed by atoms with van der Waals surface area (Å²) in [5.74, 6) is 0. The lowest BCUT2D eigenvalue weighted by atomic mass is 10.2. The van der Waals surface area contributed by atoms with Crippen molar-refractivity contribution in [3.05, 3.63) is 31.9 Å². The number of methoxy groups -OCH3 is 1. The van der Waals surface area contributed by atoms with E-state index in [4.69, 9.17) is 9.84 Å². The first-order valence-electron chi connectivity index (χ1n) is 5.38. The molecule has 1 rings (SSSR count). The van der Waals surface area contributed by atoms with Crippen LogP contribution in [0.25, 0.3) is 0 Å². The van der Waals surface area contributed by atoms with E-state index in [-0.39, 0.29) is 12.3 Å². The number of nitro groups is 1. The van der Waals surface area contributed by atoms with Crippen molar-refractivity contribution in [2.75, 3.05) is 38.3 Å². The van der Waals surface area contributed by atoms with Crippen LogP contribution in [0.15, 0.2) is 18.2 Å². The summed E-state index contributed by atoms with van der Waals surface area (Å²) in [5, 5.41) is 19.7. The van der Waals surface area contributed by atoms with Crippen LogP contribution in [0.1, 0.15) is 0 Å². The molecule has 0 aromatic heterocycles. The fraction of sp³-hybridized carbons (Fsp3) is 0.455. The smallest absolute Gasteiger partial charge is 0.282 e. The molecule has 18 heavy (non-hydrogen) atoms. The summed E-state index contributed by atoms with van der Waals surface area (Å²) in [6.07, 6.45) is 0. The Bertz CT molecular complexity index is 414. The lowest BCUT2D eigenvalue weighted by Crippen LogP contribution is -2.30. The Morgan fingerprint density at radius 2 is 2.22 bits per heavy atom. The minimum absolute atomic E-state index is 0.0251. The summed E-state index contributed by atoms with van der Waals surface area (Å²) in [7, 11) is 1.61. The molecule has 7 heteroatoms. The van der Waals surface area contributed by atoms with Gasteiger partial charge in [-0.05, 0) is 34.7 Å². The van der Waals surface area contributed by atoms with Crippen molar-refractivity contribution in [1.82, 2.24) is 0 Å². The summed E-state index contributed by atoms with van der Waals surface area (Å²) in [6, 6.07) is 4.91. The summed E-state index contributed by atoms with van der Waals surface area (Å²) in [4.78, 5) is 12.2. The third-order valence-electron chi connectivity index (χ3n) is 2.43. The summed E-state index contributed by atoms with van der Waals surface area (Å²) < 4.78 is 5.58. The molecule has 0 heterocycles. The molecule has 0 bridgehead atoms. The van der Waals surface area contributed by atoms with E-state index in [1.165, 1.54) is 6.07 Å². The minimum atomic E-state index is -0.406. The van der Waals surface area contributed by atoms with E-state index in [0.29, 0.717) is 23.3 Å². The molecule has 0 saturated heterocycles. The highest BCUT2D eigenvalue weighted by atomic mass is 127. The Morgan fingerprint density at radius 3 is 2.72 bits per heavy atom. The van der Waals surface area contributed by atoms with Crippen LogP contribution in [-0.4, -0.2) is 43.4 Å². The highest BCUT2D eigenvalue weighted by Gasteiger charge is 2.14. The van der Waals surface area contributed by atoms with Gasteiger partial charge in [0.15, 0.2) is 0 Å². The van der Waals surface area contributed by atoms with E-state index in [9.17, 15) is 10.1 Å². The van der Waals surface area contributed by atoms with Gasteiger partial charge in [0.25, 0.3) is 5.69 Å². The van der Waals surface area contributed by atoms with Crippen LogP contribution in [0.2, 0.25) is 0 Å². The van der Waals surface area contributed by atoms with E-state index < -0.39 is 4.92 Å². The third kappa shape index (κ3) is 4.07. The zero-order valence-electron chi connectivity index (χ0n) is 10.0. The second-order valence-electron chi connectivity index (χ2n) is 3.60. The molecule has 0 aliphatic heterocycles. The van der Waals surface area contributed by atoms with Crippen molar-refractivity contribution in [2.45, 2.75) is 0 Å². The predicted molar refractivity (Wildman–Crippen MR) is 77.0 cm³/mol. The van der Waals surface area contributed by atoms with Crippen LogP contribution in [0.4, 0.5) is 11.4 Å². The molecule has 0 unspecified atom stereocenters. The van der Waals surface area contributed by atoms with Gasteiger partial charge in [0, 0.05) is 32.0 Å². The SMILES string of the molecule is COCCN(CCO)c1ccc([N+](=O)[O-])c(I)c1. The highest BCUT2D eigenvalue weighted by molar-refractivity contribution is 14.1. The summed E-state index contributed by atoms with van der Waals surface area (Å²) in [5.41, 5.74) is 0.936. The van der Waals surface area contributed by atoms with Crippen LogP contribution in [-0.2, 0) is 4.74 Å². The van der Waals surface area contributed by atoms with Gasteiger partial charge in [-0.3, -0.25) is 10.1 Å². The number of rotatable bonds is 7. The van der Waals surface area contributed by atoms with Crippen molar-refractivity contribution in [1.29, 1.82) is 0 Å². The summed E-state index contributed by atoms with van der Waals surface area (Å²) in [6.45, 7) is 1.66. The van der Waals surface area contributed by atoms with E-state index >= 15 is 0 Å². The molecule has 1 aromatic rings. The maximum Gasteiger partial charge on any atom is 0.282 e. The Labute approximate surface area is 119 Å². The number of anilines is 1. The third-order valence-corrected chi connectivity index (χ3v) is 3.29. The van der Waals surface area contributed by atoms with Gasteiger partial charge in [-0.15, -0.1) is 0 Å².